The number of sulfonamides is 1. The van der Waals surface area contributed by atoms with Crippen LogP contribution < -0.4 is 4.72 Å². The van der Waals surface area contributed by atoms with Crippen LogP contribution >= 0.6 is 0 Å². The van der Waals surface area contributed by atoms with Gasteiger partial charge in [-0.3, -0.25) is 0 Å². The van der Waals surface area contributed by atoms with Crippen molar-refractivity contribution in [2.75, 3.05) is 19.5 Å². The summed E-state index contributed by atoms with van der Waals surface area (Å²) in [4.78, 5) is 0. The Balaban J connectivity index is 2.67. The third kappa shape index (κ3) is 4.26. The Morgan fingerprint density at radius 2 is 2.06 bits per heavy atom. The zero-order valence-electron chi connectivity index (χ0n) is 10.4. The molecule has 0 bridgehead atoms. The van der Waals surface area contributed by atoms with E-state index in [1.807, 2.05) is 0 Å². The zero-order valence-corrected chi connectivity index (χ0v) is 11.2. The van der Waals surface area contributed by atoms with Crippen molar-refractivity contribution in [1.82, 2.24) is 4.72 Å². The van der Waals surface area contributed by atoms with E-state index in [0.29, 0.717) is 18.8 Å². The molecular formula is C11H20N2O3S. The molecule has 1 aliphatic rings. The Morgan fingerprint density at radius 3 is 2.53 bits per heavy atom. The number of rotatable bonds is 5. The Kier molecular flexibility index (Phi) is 4.92. The number of ether oxygens (including phenoxy) is 1. The fourth-order valence-electron chi connectivity index (χ4n) is 2.03. The number of nitrogens with zero attached hydrogens (tertiary/aromatic N) is 1. The van der Waals surface area contributed by atoms with Gasteiger partial charge in [0.1, 0.15) is 5.54 Å². The van der Waals surface area contributed by atoms with Gasteiger partial charge >= 0.3 is 0 Å². The van der Waals surface area contributed by atoms with E-state index in [1.54, 1.807) is 0 Å². The van der Waals surface area contributed by atoms with Crippen molar-refractivity contribution in [3.63, 3.8) is 0 Å². The van der Waals surface area contributed by atoms with Crippen molar-refractivity contribution in [1.29, 1.82) is 5.26 Å². The summed E-state index contributed by atoms with van der Waals surface area (Å²) in [6, 6.07) is 2.14. The largest absolute Gasteiger partial charge is 0.384 e. The maximum absolute atomic E-state index is 11.8. The molecule has 98 valence electrons. The molecule has 0 atom stereocenters. The van der Waals surface area contributed by atoms with Crippen LogP contribution in [0.25, 0.3) is 0 Å². The van der Waals surface area contributed by atoms with Gasteiger partial charge in [0, 0.05) is 7.11 Å². The molecule has 0 radical (unpaired) electrons. The third-order valence-corrected chi connectivity index (χ3v) is 4.65. The van der Waals surface area contributed by atoms with Crippen molar-refractivity contribution in [2.45, 2.75) is 38.1 Å². The van der Waals surface area contributed by atoms with E-state index in [2.05, 4.69) is 17.7 Å². The highest BCUT2D eigenvalue weighted by atomic mass is 32.2. The molecule has 1 aliphatic carbocycles. The van der Waals surface area contributed by atoms with Gasteiger partial charge in [0.05, 0.1) is 18.4 Å². The maximum atomic E-state index is 11.8. The first-order chi connectivity index (χ1) is 7.93. The average Bonchev–Trinajstić information content (AvgIpc) is 2.30. The quantitative estimate of drug-likeness (QED) is 0.800. The molecule has 0 aromatic rings. The number of nitriles is 1. The van der Waals surface area contributed by atoms with Gasteiger partial charge in [0.25, 0.3) is 0 Å². The summed E-state index contributed by atoms with van der Waals surface area (Å²) in [5.41, 5.74) is -0.904. The molecule has 0 unspecified atom stereocenters. The fourth-order valence-corrected chi connectivity index (χ4v) is 3.37. The monoisotopic (exact) mass is 260 g/mol. The van der Waals surface area contributed by atoms with E-state index in [9.17, 15) is 13.7 Å². The van der Waals surface area contributed by atoms with E-state index in [0.717, 1.165) is 12.8 Å². The molecule has 1 rings (SSSR count). The molecule has 0 aromatic heterocycles. The van der Waals surface area contributed by atoms with Gasteiger partial charge in [-0.25, -0.2) is 8.42 Å². The molecule has 0 spiro atoms. The van der Waals surface area contributed by atoms with Crippen LogP contribution in [0.2, 0.25) is 0 Å². The second-order valence-electron chi connectivity index (χ2n) is 4.79. The highest BCUT2D eigenvalue weighted by Crippen LogP contribution is 2.31. The summed E-state index contributed by atoms with van der Waals surface area (Å²) in [5, 5.41) is 9.21. The molecule has 5 nitrogen and oxygen atoms in total. The summed E-state index contributed by atoms with van der Waals surface area (Å²) >= 11 is 0. The van der Waals surface area contributed by atoms with Crippen molar-refractivity contribution >= 4 is 10.0 Å². The van der Waals surface area contributed by atoms with E-state index in [-0.39, 0.29) is 12.4 Å². The van der Waals surface area contributed by atoms with Crippen LogP contribution in [0.4, 0.5) is 0 Å². The molecule has 0 aromatic carbocycles. The molecule has 6 heteroatoms. The van der Waals surface area contributed by atoms with E-state index in [4.69, 9.17) is 4.74 Å². The lowest BCUT2D eigenvalue weighted by Crippen LogP contribution is -2.50. The van der Waals surface area contributed by atoms with Crippen LogP contribution in [-0.2, 0) is 14.8 Å². The average molecular weight is 260 g/mol. The van der Waals surface area contributed by atoms with Crippen LogP contribution in [0, 0.1) is 17.2 Å². The van der Waals surface area contributed by atoms with Gasteiger partial charge in [-0.2, -0.15) is 9.98 Å². The van der Waals surface area contributed by atoms with Crippen LogP contribution in [0.1, 0.15) is 32.6 Å². The molecule has 0 saturated heterocycles. The number of nitrogens with one attached hydrogen (secondary N) is 1. The van der Waals surface area contributed by atoms with Crippen LogP contribution in [-0.4, -0.2) is 33.4 Å². The Labute approximate surface area is 103 Å². The minimum atomic E-state index is -3.43. The van der Waals surface area contributed by atoms with Crippen molar-refractivity contribution in [2.24, 2.45) is 5.92 Å². The first kappa shape index (κ1) is 14.4. The summed E-state index contributed by atoms with van der Waals surface area (Å²) in [6.07, 6.45) is 2.97. The van der Waals surface area contributed by atoms with Gasteiger partial charge in [0.2, 0.25) is 10.0 Å². The normalized spacial score (nSPS) is 29.8. The summed E-state index contributed by atoms with van der Waals surface area (Å²) < 4.78 is 30.8. The van der Waals surface area contributed by atoms with Gasteiger partial charge in [-0.15, -0.1) is 0 Å². The lowest BCUT2D eigenvalue weighted by atomic mass is 9.79. The minimum Gasteiger partial charge on any atom is -0.384 e. The standard InChI is InChI=1S/C11H20N2O3S/c1-10-3-5-11(9-12,6-4-10)13-17(14,15)8-7-16-2/h10,13H,3-8H2,1-2H3. The van der Waals surface area contributed by atoms with Crippen LogP contribution in [0.15, 0.2) is 0 Å². The number of methoxy groups -OCH3 is 1. The summed E-state index contributed by atoms with van der Waals surface area (Å²) in [7, 11) is -1.97. The lowest BCUT2D eigenvalue weighted by molar-refractivity contribution is 0.216. The predicted molar refractivity (Wildman–Crippen MR) is 64.8 cm³/mol. The van der Waals surface area contributed by atoms with Crippen molar-refractivity contribution in [3.05, 3.63) is 0 Å². The van der Waals surface area contributed by atoms with Gasteiger partial charge in [-0.1, -0.05) is 6.92 Å². The van der Waals surface area contributed by atoms with E-state index >= 15 is 0 Å². The SMILES string of the molecule is COCCS(=O)(=O)NC1(C#N)CCC(C)CC1. The summed E-state index contributed by atoms with van der Waals surface area (Å²) in [5.74, 6) is 0.475. The fraction of sp³-hybridized carbons (Fsp3) is 0.909. The minimum absolute atomic E-state index is 0.0948. The molecule has 1 saturated carbocycles. The highest BCUT2D eigenvalue weighted by Gasteiger charge is 2.37. The van der Waals surface area contributed by atoms with Crippen molar-refractivity contribution in [3.8, 4) is 6.07 Å². The number of hydrogen-bond acceptors (Lipinski definition) is 4. The zero-order chi connectivity index (χ0) is 12.9. The Hall–Kier alpha value is -0.640. The third-order valence-electron chi connectivity index (χ3n) is 3.25. The smallest absolute Gasteiger partial charge is 0.215 e. The molecule has 1 fully saturated rings. The maximum Gasteiger partial charge on any atom is 0.215 e. The van der Waals surface area contributed by atoms with Crippen molar-refractivity contribution < 1.29 is 13.2 Å². The van der Waals surface area contributed by atoms with Gasteiger partial charge < -0.3 is 4.74 Å². The van der Waals surface area contributed by atoms with Crippen LogP contribution in [0.3, 0.4) is 0 Å². The van der Waals surface area contributed by atoms with Gasteiger partial charge in [-0.05, 0) is 31.6 Å². The topological polar surface area (TPSA) is 79.2 Å². The first-order valence-electron chi connectivity index (χ1n) is 5.85. The van der Waals surface area contributed by atoms with Gasteiger partial charge in [0.15, 0.2) is 0 Å². The molecule has 0 heterocycles. The Bertz CT molecular complexity index is 378. The second kappa shape index (κ2) is 5.80. The van der Waals surface area contributed by atoms with E-state index in [1.165, 1.54) is 7.11 Å². The second-order valence-corrected chi connectivity index (χ2v) is 6.63. The molecule has 1 N–H and O–H groups in total. The molecule has 0 aliphatic heterocycles. The molecular weight excluding hydrogens is 240 g/mol. The van der Waals surface area contributed by atoms with E-state index < -0.39 is 15.6 Å². The predicted octanol–water partition coefficient (Wildman–Crippen LogP) is 1.02. The molecule has 0 amide bonds. The number of hydrogen-bond donors (Lipinski definition) is 1. The molecule has 17 heavy (non-hydrogen) atoms. The Morgan fingerprint density at radius 1 is 1.47 bits per heavy atom. The lowest BCUT2D eigenvalue weighted by Gasteiger charge is -2.33. The summed E-state index contributed by atoms with van der Waals surface area (Å²) in [6.45, 7) is 2.27. The first-order valence-corrected chi connectivity index (χ1v) is 7.50. The van der Waals surface area contributed by atoms with Crippen LogP contribution in [0.5, 0.6) is 0 Å². The highest BCUT2D eigenvalue weighted by molar-refractivity contribution is 7.89.